The number of hydrogen-bond donors (Lipinski definition) is 0. The number of carbonyl (C=O) groups excluding carboxylic acids is 1. The second-order valence-corrected chi connectivity index (χ2v) is 9.39. The van der Waals surface area contributed by atoms with E-state index >= 15 is 0 Å². The third kappa shape index (κ3) is 4.95. The van der Waals surface area contributed by atoms with Gasteiger partial charge >= 0.3 is 0 Å². The number of nitrogens with zero attached hydrogens (tertiary/aromatic N) is 1. The summed E-state index contributed by atoms with van der Waals surface area (Å²) in [5, 5.41) is 0.822. The third-order valence-corrected chi connectivity index (χ3v) is 6.91. The normalized spacial score (nSPS) is 15.0. The Morgan fingerprint density at radius 1 is 1.03 bits per heavy atom. The molecule has 36 heavy (non-hydrogen) atoms. The average Bonchev–Trinajstić information content (AvgIpc) is 3.15. The maximum atomic E-state index is 13.7. The lowest BCUT2D eigenvalue weighted by Crippen LogP contribution is -2.31. The van der Waals surface area contributed by atoms with Crippen molar-refractivity contribution in [3.63, 3.8) is 0 Å². The zero-order chi connectivity index (χ0) is 25.8. The van der Waals surface area contributed by atoms with Gasteiger partial charge in [-0.1, -0.05) is 37.4 Å². The summed E-state index contributed by atoms with van der Waals surface area (Å²) in [6.07, 6.45) is 3.76. The number of unbranched alkanes of at least 4 members (excludes halogenated alkanes) is 2. The van der Waals surface area contributed by atoms with Crippen molar-refractivity contribution in [2.24, 2.45) is 0 Å². The number of rotatable bonds is 11. The fourth-order valence-electron chi connectivity index (χ4n) is 4.60. The Kier molecular flexibility index (Phi) is 8.21. The topological polar surface area (TPSA) is 78.2 Å². The Morgan fingerprint density at radius 2 is 1.83 bits per heavy atom. The van der Waals surface area contributed by atoms with Gasteiger partial charge in [0.1, 0.15) is 5.58 Å². The van der Waals surface area contributed by atoms with Gasteiger partial charge in [0.15, 0.2) is 16.9 Å². The molecule has 1 amide bonds. The molecule has 1 aliphatic rings. The van der Waals surface area contributed by atoms with Crippen LogP contribution in [0.3, 0.4) is 0 Å². The Balaban J connectivity index is 1.81. The lowest BCUT2D eigenvalue weighted by atomic mass is 9.97. The number of ether oxygens (including phenoxy) is 3. The van der Waals surface area contributed by atoms with Crippen LogP contribution in [-0.2, 0) is 4.74 Å². The van der Waals surface area contributed by atoms with Crippen molar-refractivity contribution in [1.82, 2.24) is 4.90 Å². The van der Waals surface area contributed by atoms with Crippen molar-refractivity contribution in [3.05, 3.63) is 68.0 Å². The summed E-state index contributed by atoms with van der Waals surface area (Å²) < 4.78 is 22.8. The molecular formula is C28H32ClNO6. The Bertz CT molecular complexity index is 1320. The number of fused-ring (bicyclic) bond motifs is 2. The first-order valence-corrected chi connectivity index (χ1v) is 12.7. The predicted molar refractivity (Wildman–Crippen MR) is 140 cm³/mol. The first kappa shape index (κ1) is 26.0. The summed E-state index contributed by atoms with van der Waals surface area (Å²) >= 11 is 6.32. The van der Waals surface area contributed by atoms with Gasteiger partial charge in [-0.2, -0.15) is 0 Å². The number of amides is 1. The van der Waals surface area contributed by atoms with E-state index in [1.807, 2.05) is 25.1 Å². The van der Waals surface area contributed by atoms with Gasteiger partial charge in [-0.15, -0.1) is 0 Å². The fourth-order valence-corrected chi connectivity index (χ4v) is 4.77. The van der Waals surface area contributed by atoms with Crippen LogP contribution in [0, 0.1) is 6.92 Å². The zero-order valence-corrected chi connectivity index (χ0v) is 21.9. The molecule has 1 aromatic heterocycles. The molecule has 0 saturated carbocycles. The van der Waals surface area contributed by atoms with E-state index in [2.05, 4.69) is 6.92 Å². The number of halogens is 1. The minimum atomic E-state index is -0.631. The molecule has 0 radical (unpaired) electrons. The van der Waals surface area contributed by atoms with E-state index in [4.69, 9.17) is 30.2 Å². The van der Waals surface area contributed by atoms with Crippen LogP contribution in [0.4, 0.5) is 0 Å². The second kappa shape index (κ2) is 11.4. The highest BCUT2D eigenvalue weighted by atomic mass is 35.5. The lowest BCUT2D eigenvalue weighted by molar-refractivity contribution is 0.0707. The molecule has 2 aromatic carbocycles. The molecular weight excluding hydrogens is 482 g/mol. The number of hydrogen-bond acceptors (Lipinski definition) is 6. The van der Waals surface area contributed by atoms with Gasteiger partial charge in [-0.3, -0.25) is 9.59 Å². The number of methoxy groups -OCH3 is 2. The average molecular weight is 514 g/mol. The van der Waals surface area contributed by atoms with E-state index in [-0.39, 0.29) is 17.1 Å². The highest BCUT2D eigenvalue weighted by Gasteiger charge is 2.42. The Hall–Kier alpha value is -3.03. The first-order chi connectivity index (χ1) is 17.4. The molecule has 7 nitrogen and oxygen atoms in total. The van der Waals surface area contributed by atoms with Gasteiger partial charge in [0.2, 0.25) is 5.76 Å². The standard InChI is InChI=1S/C28H32ClNO6/c1-5-6-7-13-35-21-10-9-18(15-23(21)34-4)25-24-26(31)19-16-20(29)17(2)14-22(19)36-27(24)28(32)30(25)11-8-12-33-3/h9-10,14-16,25H,5-8,11-13H2,1-4H3. The third-order valence-electron chi connectivity index (χ3n) is 6.50. The van der Waals surface area contributed by atoms with Crippen LogP contribution in [-0.4, -0.2) is 44.8 Å². The van der Waals surface area contributed by atoms with Crippen molar-refractivity contribution < 1.29 is 23.4 Å². The molecule has 3 aromatic rings. The summed E-state index contributed by atoms with van der Waals surface area (Å²) in [7, 11) is 3.19. The summed E-state index contributed by atoms with van der Waals surface area (Å²) in [6.45, 7) is 5.44. The summed E-state index contributed by atoms with van der Waals surface area (Å²) in [5.74, 6) is 0.915. The van der Waals surface area contributed by atoms with Gasteiger partial charge in [-0.05, 0) is 55.2 Å². The SMILES string of the molecule is CCCCCOc1ccc(C2c3c(oc4cc(C)c(Cl)cc4c3=O)C(=O)N2CCCOC)cc1OC. The molecule has 8 heteroatoms. The molecule has 0 aliphatic carbocycles. The smallest absolute Gasteiger partial charge is 0.290 e. The monoisotopic (exact) mass is 513 g/mol. The summed E-state index contributed by atoms with van der Waals surface area (Å²) in [4.78, 5) is 28.9. The maximum Gasteiger partial charge on any atom is 0.290 e. The van der Waals surface area contributed by atoms with Crippen molar-refractivity contribution in [1.29, 1.82) is 0 Å². The van der Waals surface area contributed by atoms with Gasteiger partial charge in [0.25, 0.3) is 5.91 Å². The van der Waals surface area contributed by atoms with Crippen LogP contribution in [0.25, 0.3) is 11.0 Å². The molecule has 2 heterocycles. The molecule has 1 atom stereocenters. The van der Waals surface area contributed by atoms with Crippen molar-refractivity contribution in [3.8, 4) is 11.5 Å². The molecule has 0 bridgehead atoms. The molecule has 0 saturated heterocycles. The van der Waals surface area contributed by atoms with Crippen molar-refractivity contribution in [2.45, 2.75) is 45.6 Å². The largest absolute Gasteiger partial charge is 0.493 e. The molecule has 4 rings (SSSR count). The first-order valence-electron chi connectivity index (χ1n) is 12.3. The van der Waals surface area contributed by atoms with Crippen LogP contribution >= 0.6 is 11.6 Å². The van der Waals surface area contributed by atoms with Crippen molar-refractivity contribution >= 4 is 28.5 Å². The summed E-state index contributed by atoms with van der Waals surface area (Å²) in [6, 6.07) is 8.22. The minimum absolute atomic E-state index is 0.0653. The minimum Gasteiger partial charge on any atom is -0.493 e. The highest BCUT2D eigenvalue weighted by Crippen LogP contribution is 2.41. The second-order valence-electron chi connectivity index (χ2n) is 8.98. The maximum absolute atomic E-state index is 13.7. The number of benzene rings is 2. The van der Waals surface area contributed by atoms with E-state index in [9.17, 15) is 9.59 Å². The van der Waals surface area contributed by atoms with Crippen molar-refractivity contribution in [2.75, 3.05) is 34.0 Å². The molecule has 0 fully saturated rings. The van der Waals surface area contributed by atoms with Gasteiger partial charge < -0.3 is 23.5 Å². The zero-order valence-electron chi connectivity index (χ0n) is 21.2. The Morgan fingerprint density at radius 3 is 2.56 bits per heavy atom. The van der Waals surface area contributed by atoms with E-state index < -0.39 is 6.04 Å². The highest BCUT2D eigenvalue weighted by molar-refractivity contribution is 6.32. The fraction of sp³-hybridized carbons (Fsp3) is 0.429. The molecule has 0 N–H and O–H groups in total. The van der Waals surface area contributed by atoms with Crippen LogP contribution in [0.15, 0.2) is 39.5 Å². The molecule has 192 valence electrons. The predicted octanol–water partition coefficient (Wildman–Crippen LogP) is 5.91. The van der Waals surface area contributed by atoms with Crippen LogP contribution in [0.2, 0.25) is 5.02 Å². The van der Waals surface area contributed by atoms with E-state index in [0.29, 0.717) is 59.2 Å². The molecule has 1 aliphatic heterocycles. The molecule has 0 spiro atoms. The van der Waals surface area contributed by atoms with Crippen LogP contribution in [0.1, 0.15) is 65.9 Å². The quantitative estimate of drug-likeness (QED) is 0.296. The van der Waals surface area contributed by atoms with Crippen LogP contribution in [0.5, 0.6) is 11.5 Å². The number of carbonyl (C=O) groups is 1. The van der Waals surface area contributed by atoms with Crippen LogP contribution < -0.4 is 14.9 Å². The number of aryl methyl sites for hydroxylation is 1. The van der Waals surface area contributed by atoms with E-state index in [1.54, 1.807) is 31.3 Å². The van der Waals surface area contributed by atoms with Gasteiger partial charge in [0.05, 0.1) is 30.7 Å². The van der Waals surface area contributed by atoms with E-state index in [0.717, 1.165) is 30.4 Å². The lowest BCUT2D eigenvalue weighted by Gasteiger charge is -2.25. The van der Waals surface area contributed by atoms with E-state index in [1.165, 1.54) is 0 Å². The molecule has 1 unspecified atom stereocenters. The summed E-state index contributed by atoms with van der Waals surface area (Å²) in [5.41, 5.74) is 1.90. The van der Waals surface area contributed by atoms with Gasteiger partial charge in [-0.25, -0.2) is 0 Å². The Labute approximate surface area is 215 Å². The van der Waals surface area contributed by atoms with Gasteiger partial charge in [0, 0.05) is 25.3 Å².